The van der Waals surface area contributed by atoms with E-state index in [0.717, 1.165) is 6.42 Å². The lowest BCUT2D eigenvalue weighted by molar-refractivity contribution is -0.146. The number of carbonyl (C=O) groups excluding carboxylic acids is 1. The van der Waals surface area contributed by atoms with E-state index in [1.165, 1.54) is 32.1 Å². The van der Waals surface area contributed by atoms with Crippen LogP contribution in [0.25, 0.3) is 0 Å². The molecule has 1 saturated carbocycles. The summed E-state index contributed by atoms with van der Waals surface area (Å²) in [5, 5.41) is 8.67. The molecule has 1 aliphatic carbocycles. The molecule has 0 radical (unpaired) electrons. The minimum Gasteiger partial charge on any atom is -0.463 e. The van der Waals surface area contributed by atoms with Gasteiger partial charge in [0.05, 0.1) is 6.61 Å². The first-order valence-electron chi connectivity index (χ1n) is 6.42. The van der Waals surface area contributed by atoms with E-state index in [0.29, 0.717) is 5.92 Å². The smallest absolute Gasteiger partial charge is 0.325 e. The number of aliphatic hydroxyl groups excluding tert-OH is 1. The van der Waals surface area contributed by atoms with Gasteiger partial charge in [-0.1, -0.05) is 32.1 Å². The molecule has 0 heterocycles. The molecule has 0 aliphatic heterocycles. The summed E-state index contributed by atoms with van der Waals surface area (Å²) in [6.07, 6.45) is 7.27. The molecule has 5 N–H and O–H groups in total. The van der Waals surface area contributed by atoms with Gasteiger partial charge in [0.1, 0.15) is 12.6 Å². The Morgan fingerprint density at radius 3 is 2.53 bits per heavy atom. The van der Waals surface area contributed by atoms with E-state index in [9.17, 15) is 4.79 Å². The zero-order chi connectivity index (χ0) is 12.7. The van der Waals surface area contributed by atoms with Gasteiger partial charge in [-0.05, 0) is 12.3 Å². The lowest BCUT2D eigenvalue weighted by atomic mass is 9.85. The van der Waals surface area contributed by atoms with Crippen LogP contribution in [0.5, 0.6) is 0 Å². The summed E-state index contributed by atoms with van der Waals surface area (Å²) in [6.45, 7) is -0.195. The molecule has 0 spiro atoms. The van der Waals surface area contributed by atoms with Crippen molar-refractivity contribution in [3.63, 3.8) is 0 Å². The van der Waals surface area contributed by atoms with Crippen molar-refractivity contribution < 1.29 is 14.6 Å². The maximum absolute atomic E-state index is 11.2. The normalized spacial score (nSPS) is 20.9. The van der Waals surface area contributed by atoms with Crippen LogP contribution in [0.2, 0.25) is 0 Å². The maximum Gasteiger partial charge on any atom is 0.325 e. The van der Waals surface area contributed by atoms with Gasteiger partial charge in [-0.25, -0.2) is 0 Å². The minimum absolute atomic E-state index is 0.118. The highest BCUT2D eigenvalue weighted by atomic mass is 16.5. The lowest BCUT2D eigenvalue weighted by Crippen LogP contribution is -2.39. The van der Waals surface area contributed by atoms with Crippen molar-refractivity contribution in [2.45, 2.75) is 50.6 Å². The molecule has 0 aromatic heterocycles. The van der Waals surface area contributed by atoms with Gasteiger partial charge in [-0.15, -0.1) is 0 Å². The molecule has 0 amide bonds. The number of rotatable bonds is 6. The van der Waals surface area contributed by atoms with Gasteiger partial charge in [0.15, 0.2) is 0 Å². The third-order valence-electron chi connectivity index (χ3n) is 3.30. The average Bonchev–Trinajstić information content (AvgIpc) is 2.36. The number of aliphatic hydroxyl groups is 1. The van der Waals surface area contributed by atoms with Gasteiger partial charge in [0.2, 0.25) is 0 Å². The molecule has 5 nitrogen and oxygen atoms in total. The van der Waals surface area contributed by atoms with Crippen LogP contribution in [-0.4, -0.2) is 36.4 Å². The molecular weight excluding hydrogens is 220 g/mol. The predicted octanol–water partition coefficient (Wildman–Crippen LogP) is 0.147. The molecule has 0 aromatic carbocycles. The Balaban J connectivity index is 2.15. The fraction of sp³-hybridized carbons (Fsp3) is 0.917. The summed E-state index contributed by atoms with van der Waals surface area (Å²) in [4.78, 5) is 11.2. The van der Waals surface area contributed by atoms with Crippen molar-refractivity contribution in [3.05, 3.63) is 0 Å². The first-order chi connectivity index (χ1) is 8.13. The standard InChI is InChI=1S/C12H24N2O3/c13-10(6-9-4-2-1-3-5-9)8-17-12(16)11(14)7-15/h9-11,15H,1-8,13-14H2/t10?,11-/m0/s1. The number of ether oxygens (including phenoxy) is 1. The van der Waals surface area contributed by atoms with Crippen LogP contribution in [-0.2, 0) is 9.53 Å². The Labute approximate surface area is 102 Å². The van der Waals surface area contributed by atoms with Gasteiger partial charge in [0, 0.05) is 6.04 Å². The Morgan fingerprint density at radius 2 is 1.94 bits per heavy atom. The minimum atomic E-state index is -0.947. The van der Waals surface area contributed by atoms with E-state index >= 15 is 0 Å². The van der Waals surface area contributed by atoms with Gasteiger partial charge < -0.3 is 21.3 Å². The van der Waals surface area contributed by atoms with E-state index < -0.39 is 18.6 Å². The largest absolute Gasteiger partial charge is 0.463 e. The highest BCUT2D eigenvalue weighted by Crippen LogP contribution is 2.26. The summed E-state index contributed by atoms with van der Waals surface area (Å²) in [6, 6.07) is -1.06. The molecule has 0 saturated heterocycles. The number of carbonyl (C=O) groups is 1. The second kappa shape index (κ2) is 7.63. The summed E-state index contributed by atoms with van der Waals surface area (Å²) >= 11 is 0. The van der Waals surface area contributed by atoms with Crippen molar-refractivity contribution in [3.8, 4) is 0 Å². The van der Waals surface area contributed by atoms with Gasteiger partial charge in [-0.2, -0.15) is 0 Å². The second-order valence-corrected chi connectivity index (χ2v) is 4.92. The fourth-order valence-corrected chi connectivity index (χ4v) is 2.29. The van der Waals surface area contributed by atoms with Crippen LogP contribution >= 0.6 is 0 Å². The van der Waals surface area contributed by atoms with E-state index in [-0.39, 0.29) is 12.6 Å². The fourth-order valence-electron chi connectivity index (χ4n) is 2.29. The SMILES string of the molecule is NC(COC(=O)[C@@H](N)CO)CC1CCCCC1. The Hall–Kier alpha value is -0.650. The molecule has 17 heavy (non-hydrogen) atoms. The van der Waals surface area contributed by atoms with Gasteiger partial charge in [0.25, 0.3) is 0 Å². The molecule has 1 rings (SSSR count). The number of hydrogen-bond donors (Lipinski definition) is 3. The van der Waals surface area contributed by atoms with Gasteiger partial charge >= 0.3 is 5.97 Å². The monoisotopic (exact) mass is 244 g/mol. The summed E-state index contributed by atoms with van der Waals surface area (Å²) in [5.41, 5.74) is 11.2. The van der Waals surface area contributed by atoms with E-state index in [1.54, 1.807) is 0 Å². The summed E-state index contributed by atoms with van der Waals surface area (Å²) in [7, 11) is 0. The number of nitrogens with two attached hydrogens (primary N) is 2. The zero-order valence-corrected chi connectivity index (χ0v) is 10.3. The Kier molecular flexibility index (Phi) is 6.47. The molecule has 1 unspecified atom stereocenters. The molecule has 1 fully saturated rings. The summed E-state index contributed by atoms with van der Waals surface area (Å²) in [5.74, 6) is 0.0931. The molecular formula is C12H24N2O3. The zero-order valence-electron chi connectivity index (χ0n) is 10.3. The Bertz CT molecular complexity index is 230. The quantitative estimate of drug-likeness (QED) is 0.578. The average molecular weight is 244 g/mol. The van der Waals surface area contributed by atoms with Gasteiger partial charge in [-0.3, -0.25) is 4.79 Å². The van der Waals surface area contributed by atoms with Crippen LogP contribution in [0.15, 0.2) is 0 Å². The Morgan fingerprint density at radius 1 is 1.29 bits per heavy atom. The van der Waals surface area contributed by atoms with Crippen molar-refractivity contribution in [1.29, 1.82) is 0 Å². The van der Waals surface area contributed by atoms with Crippen molar-refractivity contribution in [2.75, 3.05) is 13.2 Å². The van der Waals surface area contributed by atoms with Crippen LogP contribution < -0.4 is 11.5 Å². The van der Waals surface area contributed by atoms with Crippen molar-refractivity contribution in [2.24, 2.45) is 17.4 Å². The van der Waals surface area contributed by atoms with E-state index in [1.807, 2.05) is 0 Å². The summed E-state index contributed by atoms with van der Waals surface area (Å²) < 4.78 is 4.95. The van der Waals surface area contributed by atoms with E-state index in [2.05, 4.69) is 0 Å². The van der Waals surface area contributed by atoms with Crippen molar-refractivity contribution in [1.82, 2.24) is 0 Å². The molecule has 2 atom stereocenters. The van der Waals surface area contributed by atoms with Crippen molar-refractivity contribution >= 4 is 5.97 Å². The van der Waals surface area contributed by atoms with Crippen LogP contribution in [0, 0.1) is 5.92 Å². The number of esters is 1. The maximum atomic E-state index is 11.2. The third kappa shape index (κ3) is 5.48. The number of hydrogen-bond acceptors (Lipinski definition) is 5. The highest BCUT2D eigenvalue weighted by Gasteiger charge is 2.19. The molecule has 1 aliphatic rings. The first kappa shape index (κ1) is 14.4. The molecule has 5 heteroatoms. The first-order valence-corrected chi connectivity index (χ1v) is 6.42. The predicted molar refractivity (Wildman–Crippen MR) is 65.2 cm³/mol. The molecule has 100 valence electrons. The second-order valence-electron chi connectivity index (χ2n) is 4.92. The topological polar surface area (TPSA) is 98.6 Å². The lowest BCUT2D eigenvalue weighted by Gasteiger charge is -2.24. The highest BCUT2D eigenvalue weighted by molar-refractivity contribution is 5.75. The van der Waals surface area contributed by atoms with Crippen LogP contribution in [0.1, 0.15) is 38.5 Å². The third-order valence-corrected chi connectivity index (χ3v) is 3.30. The molecule has 0 bridgehead atoms. The van der Waals surface area contributed by atoms with Crippen LogP contribution in [0.4, 0.5) is 0 Å². The van der Waals surface area contributed by atoms with E-state index in [4.69, 9.17) is 21.3 Å². The molecule has 0 aromatic rings. The van der Waals surface area contributed by atoms with Crippen LogP contribution in [0.3, 0.4) is 0 Å².